The molecule has 190 valence electrons. The Bertz CT molecular complexity index is 1360. The summed E-state index contributed by atoms with van der Waals surface area (Å²) in [6.07, 6.45) is -4.66. The van der Waals surface area contributed by atoms with Crippen molar-refractivity contribution in [3.05, 3.63) is 100 Å². The van der Waals surface area contributed by atoms with E-state index < -0.39 is 23.6 Å². The maximum absolute atomic E-state index is 13.7. The molecule has 0 N–H and O–H groups in total. The van der Waals surface area contributed by atoms with Gasteiger partial charge in [-0.3, -0.25) is 9.59 Å². The number of carbonyl (C=O) groups excluding carboxylic acids is 2. The summed E-state index contributed by atoms with van der Waals surface area (Å²) in [7, 11) is 0. The van der Waals surface area contributed by atoms with Gasteiger partial charge in [-0.2, -0.15) is 13.2 Å². The highest BCUT2D eigenvalue weighted by Crippen LogP contribution is 2.42. The number of alkyl halides is 3. The van der Waals surface area contributed by atoms with Crippen molar-refractivity contribution in [3.8, 4) is 0 Å². The third kappa shape index (κ3) is 5.06. The lowest BCUT2D eigenvalue weighted by Crippen LogP contribution is -2.47. The first-order valence-corrected chi connectivity index (χ1v) is 12.7. The van der Waals surface area contributed by atoms with Crippen LogP contribution in [0, 0.1) is 0 Å². The van der Waals surface area contributed by atoms with Gasteiger partial charge in [0.05, 0.1) is 16.3 Å². The van der Waals surface area contributed by atoms with Crippen LogP contribution < -0.4 is 9.80 Å². The van der Waals surface area contributed by atoms with E-state index in [1.165, 1.54) is 0 Å². The third-order valence-electron chi connectivity index (χ3n) is 6.21. The fourth-order valence-corrected chi connectivity index (χ4v) is 5.60. The van der Waals surface area contributed by atoms with Crippen LogP contribution in [0.4, 0.5) is 24.5 Å². The zero-order valence-electron chi connectivity index (χ0n) is 19.4. The quantitative estimate of drug-likeness (QED) is 0.366. The van der Waals surface area contributed by atoms with E-state index in [9.17, 15) is 22.8 Å². The number of thioether (sulfide) groups is 1. The smallest absolute Gasteiger partial charge is 0.368 e. The second-order valence-electron chi connectivity index (χ2n) is 8.51. The number of hydrogen-bond acceptors (Lipinski definition) is 5. The second-order valence-corrected chi connectivity index (χ2v) is 10.0. The Morgan fingerprint density at radius 2 is 1.35 bits per heavy atom. The van der Waals surface area contributed by atoms with E-state index >= 15 is 0 Å². The molecule has 0 bridgehead atoms. The van der Waals surface area contributed by atoms with E-state index in [-0.39, 0.29) is 21.3 Å². The first-order chi connectivity index (χ1) is 17.7. The lowest BCUT2D eigenvalue weighted by molar-refractivity contribution is -0.137. The molecule has 2 amide bonds. The topological polar surface area (TPSA) is 43.9 Å². The predicted octanol–water partition coefficient (Wildman–Crippen LogP) is 6.06. The molecule has 1 fully saturated rings. The van der Waals surface area contributed by atoms with Crippen molar-refractivity contribution >= 4 is 46.6 Å². The van der Waals surface area contributed by atoms with Gasteiger partial charge >= 0.3 is 6.18 Å². The molecule has 5 rings (SSSR count). The number of nitrogens with zero attached hydrogens (tertiary/aromatic N) is 3. The van der Waals surface area contributed by atoms with Crippen molar-refractivity contribution in [2.45, 2.75) is 11.1 Å². The fraction of sp³-hybridized carbons (Fsp3) is 0.185. The van der Waals surface area contributed by atoms with E-state index in [4.69, 9.17) is 11.6 Å². The van der Waals surface area contributed by atoms with Crippen LogP contribution in [0.15, 0.2) is 94.4 Å². The summed E-state index contributed by atoms with van der Waals surface area (Å²) in [5.41, 5.74) is -0.0356. The molecule has 2 aliphatic rings. The van der Waals surface area contributed by atoms with Gasteiger partial charge in [-0.25, -0.2) is 4.90 Å². The van der Waals surface area contributed by atoms with Crippen molar-refractivity contribution in [1.29, 1.82) is 0 Å². The number of anilines is 2. The highest BCUT2D eigenvalue weighted by Gasteiger charge is 2.44. The Labute approximate surface area is 221 Å². The van der Waals surface area contributed by atoms with Crippen LogP contribution >= 0.6 is 23.4 Å². The van der Waals surface area contributed by atoms with Crippen molar-refractivity contribution < 1.29 is 22.8 Å². The van der Waals surface area contributed by atoms with Gasteiger partial charge in [-0.15, -0.1) is 0 Å². The van der Waals surface area contributed by atoms with Gasteiger partial charge in [-0.05, 0) is 42.5 Å². The van der Waals surface area contributed by atoms with E-state index in [1.807, 2.05) is 53.4 Å². The van der Waals surface area contributed by atoms with E-state index in [1.54, 1.807) is 12.1 Å². The molecule has 0 aliphatic carbocycles. The lowest BCUT2D eigenvalue weighted by Gasteiger charge is -2.37. The molecule has 3 aromatic rings. The molecule has 0 aromatic heterocycles. The Morgan fingerprint density at radius 3 is 1.97 bits per heavy atom. The monoisotopic (exact) mass is 543 g/mol. The van der Waals surface area contributed by atoms with Gasteiger partial charge < -0.3 is 9.80 Å². The molecule has 0 spiro atoms. The molecule has 3 aromatic carbocycles. The van der Waals surface area contributed by atoms with Crippen molar-refractivity contribution in [2.24, 2.45) is 0 Å². The summed E-state index contributed by atoms with van der Waals surface area (Å²) in [6.45, 7) is 2.16. The molecule has 0 unspecified atom stereocenters. The van der Waals surface area contributed by atoms with Gasteiger partial charge in [0.2, 0.25) is 0 Å². The predicted molar refractivity (Wildman–Crippen MR) is 138 cm³/mol. The average molecular weight is 544 g/mol. The van der Waals surface area contributed by atoms with Gasteiger partial charge in [0.1, 0.15) is 10.6 Å². The van der Waals surface area contributed by atoms with Gasteiger partial charge in [-0.1, -0.05) is 59.8 Å². The molecule has 10 heteroatoms. The van der Waals surface area contributed by atoms with Crippen LogP contribution in [0.25, 0.3) is 0 Å². The summed E-state index contributed by atoms with van der Waals surface area (Å²) in [6, 6.07) is 21.6. The van der Waals surface area contributed by atoms with Gasteiger partial charge in [0.15, 0.2) is 0 Å². The van der Waals surface area contributed by atoms with Crippen molar-refractivity contribution in [3.63, 3.8) is 0 Å². The van der Waals surface area contributed by atoms with Crippen LogP contribution in [-0.2, 0) is 15.8 Å². The number of para-hydroxylation sites is 1. The molecule has 0 atom stereocenters. The number of hydrogen-bond donors (Lipinski definition) is 0. The third-order valence-corrected chi connectivity index (χ3v) is 7.61. The summed E-state index contributed by atoms with van der Waals surface area (Å²) >= 11 is 7.35. The first kappa shape index (κ1) is 25.2. The SMILES string of the molecule is O=C1C(Sc2ccccc2)=C(N2CCN(c3ccccc3)CC2)C(=O)N1c1cc(C(F)(F)F)ccc1Cl. The molecule has 37 heavy (non-hydrogen) atoms. The average Bonchev–Trinajstić information content (AvgIpc) is 3.14. The number of halogens is 4. The van der Waals surface area contributed by atoms with Crippen molar-refractivity contribution in [1.82, 2.24) is 4.90 Å². The minimum atomic E-state index is -4.66. The number of carbonyl (C=O) groups is 2. The number of amides is 2. The van der Waals surface area contributed by atoms with Crippen LogP contribution in [0.5, 0.6) is 0 Å². The normalized spacial score (nSPS) is 16.7. The first-order valence-electron chi connectivity index (χ1n) is 11.5. The molecule has 0 radical (unpaired) electrons. The van der Waals surface area contributed by atoms with Crippen LogP contribution in [0.2, 0.25) is 5.02 Å². The Balaban J connectivity index is 1.50. The zero-order chi connectivity index (χ0) is 26.2. The van der Waals surface area contributed by atoms with Crippen LogP contribution in [0.1, 0.15) is 5.56 Å². The van der Waals surface area contributed by atoms with Gasteiger partial charge in [0.25, 0.3) is 11.8 Å². The Kier molecular flexibility index (Phi) is 6.92. The Hall–Kier alpha value is -3.43. The number of rotatable bonds is 5. The minimum absolute atomic E-state index is 0.117. The van der Waals surface area contributed by atoms with E-state index in [2.05, 4.69) is 4.90 Å². The number of imide groups is 1. The summed E-state index contributed by atoms with van der Waals surface area (Å²) in [5.74, 6) is -1.38. The van der Waals surface area contributed by atoms with E-state index in [0.29, 0.717) is 26.2 Å². The highest BCUT2D eigenvalue weighted by atomic mass is 35.5. The maximum atomic E-state index is 13.7. The lowest BCUT2D eigenvalue weighted by atomic mass is 10.1. The fourth-order valence-electron chi connectivity index (χ4n) is 4.38. The summed E-state index contributed by atoms with van der Waals surface area (Å²) in [5, 5.41) is -0.117. The highest BCUT2D eigenvalue weighted by molar-refractivity contribution is 8.04. The molecular formula is C27H21ClF3N3O2S. The number of benzene rings is 3. The Morgan fingerprint density at radius 1 is 0.757 bits per heavy atom. The standard InChI is InChI=1S/C27H21ClF3N3O2S/c28-21-12-11-18(27(29,30)31)17-22(21)34-25(35)23(24(26(34)36)37-20-9-5-2-6-10-20)33-15-13-32(14-16-33)19-7-3-1-4-8-19/h1-12,17H,13-16H2. The molecule has 0 saturated carbocycles. The van der Waals surface area contributed by atoms with Crippen LogP contribution in [-0.4, -0.2) is 42.9 Å². The minimum Gasteiger partial charge on any atom is -0.368 e. The molecule has 1 saturated heterocycles. The summed E-state index contributed by atoms with van der Waals surface area (Å²) < 4.78 is 40.3. The second kappa shape index (κ2) is 10.1. The largest absolute Gasteiger partial charge is 0.416 e. The molecule has 2 heterocycles. The zero-order valence-corrected chi connectivity index (χ0v) is 21.0. The van der Waals surface area contributed by atoms with Gasteiger partial charge in [0, 0.05) is 36.8 Å². The van der Waals surface area contributed by atoms with E-state index in [0.717, 1.165) is 45.4 Å². The summed E-state index contributed by atoms with van der Waals surface area (Å²) in [4.78, 5) is 33.0. The maximum Gasteiger partial charge on any atom is 0.416 e. The van der Waals surface area contributed by atoms with Crippen LogP contribution in [0.3, 0.4) is 0 Å². The molecule has 2 aliphatic heterocycles. The van der Waals surface area contributed by atoms with Crippen molar-refractivity contribution in [2.75, 3.05) is 36.0 Å². The molecule has 5 nitrogen and oxygen atoms in total. The molecular weight excluding hydrogens is 523 g/mol. The number of piperazine rings is 1.